The third kappa shape index (κ3) is 2.42. The van der Waals surface area contributed by atoms with Crippen molar-refractivity contribution in [2.75, 3.05) is 5.88 Å². The molecule has 12 heavy (non-hydrogen) atoms. The van der Waals surface area contributed by atoms with Crippen molar-refractivity contribution in [3.05, 3.63) is 11.9 Å². The van der Waals surface area contributed by atoms with Gasteiger partial charge in [-0.15, -0.1) is 11.6 Å². The van der Waals surface area contributed by atoms with Crippen LogP contribution in [0.5, 0.6) is 0 Å². The second-order valence-corrected chi connectivity index (χ2v) is 4.20. The highest BCUT2D eigenvalue weighted by atomic mass is 35.5. The van der Waals surface area contributed by atoms with E-state index in [1.54, 1.807) is 0 Å². The van der Waals surface area contributed by atoms with Crippen LogP contribution >= 0.6 is 23.3 Å². The number of hydrogen-bond donors (Lipinski definition) is 0. The van der Waals surface area contributed by atoms with Crippen LogP contribution in [0.3, 0.4) is 0 Å². The Hall–Kier alpha value is -0.150. The van der Waals surface area contributed by atoms with Gasteiger partial charge < -0.3 is 0 Å². The summed E-state index contributed by atoms with van der Waals surface area (Å²) in [6.07, 6.45) is 3.84. The van der Waals surface area contributed by atoms with Crippen molar-refractivity contribution in [2.45, 2.75) is 26.7 Å². The van der Waals surface area contributed by atoms with E-state index in [0.29, 0.717) is 5.88 Å². The first-order valence-electron chi connectivity index (χ1n) is 4.02. The lowest BCUT2D eigenvalue weighted by Crippen LogP contribution is -2.20. The molecule has 0 radical (unpaired) electrons. The van der Waals surface area contributed by atoms with Gasteiger partial charge in [-0.2, -0.15) is 8.75 Å². The second kappa shape index (κ2) is 4.19. The zero-order valence-corrected chi connectivity index (χ0v) is 8.95. The Balaban J connectivity index is 2.60. The van der Waals surface area contributed by atoms with Crippen LogP contribution in [0.15, 0.2) is 6.20 Å². The molecule has 1 unspecified atom stereocenters. The highest BCUT2D eigenvalue weighted by Crippen LogP contribution is 2.27. The lowest BCUT2D eigenvalue weighted by Gasteiger charge is -2.23. The number of aromatic nitrogens is 2. The molecule has 68 valence electrons. The summed E-state index contributed by atoms with van der Waals surface area (Å²) >= 11 is 7.14. The minimum Gasteiger partial charge on any atom is -0.181 e. The van der Waals surface area contributed by atoms with Crippen molar-refractivity contribution in [1.82, 2.24) is 8.75 Å². The fraction of sp³-hybridized carbons (Fsp3) is 0.750. The average molecular weight is 205 g/mol. The molecule has 2 nitrogen and oxygen atoms in total. The number of rotatable bonds is 4. The molecule has 1 aromatic rings. The fourth-order valence-electron chi connectivity index (χ4n) is 0.966. The summed E-state index contributed by atoms with van der Waals surface area (Å²) in [7, 11) is 0. The van der Waals surface area contributed by atoms with Crippen LogP contribution in [-0.2, 0) is 6.42 Å². The summed E-state index contributed by atoms with van der Waals surface area (Å²) in [4.78, 5) is 0. The molecule has 0 aliphatic heterocycles. The molecule has 0 spiro atoms. The summed E-state index contributed by atoms with van der Waals surface area (Å²) < 4.78 is 8.13. The summed E-state index contributed by atoms with van der Waals surface area (Å²) in [5, 5.41) is 0. The Kier molecular flexibility index (Phi) is 3.47. The van der Waals surface area contributed by atoms with Crippen molar-refractivity contribution in [1.29, 1.82) is 0 Å². The summed E-state index contributed by atoms with van der Waals surface area (Å²) in [6, 6.07) is 0. The smallest absolute Gasteiger partial charge is 0.0748 e. The number of hydrogen-bond acceptors (Lipinski definition) is 3. The lowest BCUT2D eigenvalue weighted by atomic mass is 9.85. The van der Waals surface area contributed by atoms with Gasteiger partial charge in [0.2, 0.25) is 0 Å². The van der Waals surface area contributed by atoms with Crippen molar-refractivity contribution in [2.24, 2.45) is 5.41 Å². The van der Waals surface area contributed by atoms with Crippen molar-refractivity contribution in [3.8, 4) is 0 Å². The third-order valence-corrected chi connectivity index (χ3v) is 3.35. The first-order valence-corrected chi connectivity index (χ1v) is 5.29. The van der Waals surface area contributed by atoms with E-state index >= 15 is 0 Å². The van der Waals surface area contributed by atoms with Gasteiger partial charge in [-0.05, 0) is 18.3 Å². The zero-order chi connectivity index (χ0) is 9.03. The molecule has 1 rings (SSSR count). The van der Waals surface area contributed by atoms with Crippen LogP contribution < -0.4 is 0 Å². The first kappa shape index (κ1) is 9.93. The monoisotopic (exact) mass is 204 g/mol. The maximum Gasteiger partial charge on any atom is 0.0748 e. The average Bonchev–Trinajstić information content (AvgIpc) is 2.57. The predicted molar refractivity (Wildman–Crippen MR) is 52.7 cm³/mol. The maximum absolute atomic E-state index is 5.88. The van der Waals surface area contributed by atoms with E-state index in [1.807, 2.05) is 6.20 Å². The summed E-state index contributed by atoms with van der Waals surface area (Å²) in [5.41, 5.74) is 1.24. The topological polar surface area (TPSA) is 25.8 Å². The van der Waals surface area contributed by atoms with Gasteiger partial charge in [0.1, 0.15) is 0 Å². The van der Waals surface area contributed by atoms with E-state index in [-0.39, 0.29) is 5.41 Å². The fourth-order valence-corrected chi connectivity index (χ4v) is 1.68. The van der Waals surface area contributed by atoms with E-state index in [4.69, 9.17) is 11.6 Å². The molecule has 0 aliphatic rings. The molecule has 1 aromatic heterocycles. The van der Waals surface area contributed by atoms with Crippen LogP contribution in [0.25, 0.3) is 0 Å². The zero-order valence-electron chi connectivity index (χ0n) is 7.38. The Morgan fingerprint density at radius 3 is 2.83 bits per heavy atom. The first-order chi connectivity index (χ1) is 5.70. The molecule has 0 saturated carbocycles. The summed E-state index contributed by atoms with van der Waals surface area (Å²) in [5.74, 6) is 0.682. The molecule has 1 heterocycles. The quantitative estimate of drug-likeness (QED) is 0.705. The summed E-state index contributed by atoms with van der Waals surface area (Å²) in [6.45, 7) is 4.33. The Bertz CT molecular complexity index is 219. The van der Waals surface area contributed by atoms with E-state index in [2.05, 4.69) is 22.6 Å². The van der Waals surface area contributed by atoms with Crippen LogP contribution in [0.4, 0.5) is 0 Å². The van der Waals surface area contributed by atoms with Gasteiger partial charge in [0.05, 0.1) is 23.6 Å². The van der Waals surface area contributed by atoms with Gasteiger partial charge >= 0.3 is 0 Å². The number of alkyl halides is 1. The highest BCUT2D eigenvalue weighted by Gasteiger charge is 2.22. The van der Waals surface area contributed by atoms with E-state index in [1.165, 1.54) is 11.7 Å². The predicted octanol–water partition coefficient (Wildman–Crippen LogP) is 2.74. The standard InChI is InChI=1S/C8H13ClN2S/c1-3-8(2,6-9)4-7-5-10-12-11-7/h5H,3-4,6H2,1-2H3. The van der Waals surface area contributed by atoms with Gasteiger partial charge in [-0.3, -0.25) is 0 Å². The third-order valence-electron chi connectivity index (χ3n) is 2.19. The molecular weight excluding hydrogens is 192 g/mol. The van der Waals surface area contributed by atoms with Gasteiger partial charge in [0.15, 0.2) is 0 Å². The molecule has 4 heteroatoms. The van der Waals surface area contributed by atoms with Crippen molar-refractivity contribution < 1.29 is 0 Å². The Morgan fingerprint density at radius 2 is 2.42 bits per heavy atom. The molecule has 0 aliphatic carbocycles. The van der Waals surface area contributed by atoms with Crippen LogP contribution in [0.2, 0.25) is 0 Å². The molecule has 0 N–H and O–H groups in total. The minimum absolute atomic E-state index is 0.178. The molecular formula is C8H13ClN2S. The molecule has 0 amide bonds. The van der Waals surface area contributed by atoms with Gasteiger partial charge in [-0.25, -0.2) is 0 Å². The van der Waals surface area contributed by atoms with Gasteiger partial charge in [0.25, 0.3) is 0 Å². The molecule has 0 saturated heterocycles. The Labute approximate surface area is 82.3 Å². The van der Waals surface area contributed by atoms with Crippen LogP contribution in [0.1, 0.15) is 26.0 Å². The number of halogens is 1. The molecule has 0 aromatic carbocycles. The van der Waals surface area contributed by atoms with Crippen molar-refractivity contribution in [3.63, 3.8) is 0 Å². The van der Waals surface area contributed by atoms with E-state index in [0.717, 1.165) is 18.5 Å². The largest absolute Gasteiger partial charge is 0.181 e. The van der Waals surface area contributed by atoms with Crippen LogP contribution in [-0.4, -0.2) is 14.6 Å². The lowest BCUT2D eigenvalue weighted by molar-refractivity contribution is 0.353. The normalized spacial score (nSPS) is 15.9. The molecule has 0 fully saturated rings. The SMILES string of the molecule is CCC(C)(CCl)Cc1cnsn1. The maximum atomic E-state index is 5.88. The Morgan fingerprint density at radius 1 is 1.67 bits per heavy atom. The minimum atomic E-state index is 0.178. The molecule has 1 atom stereocenters. The van der Waals surface area contributed by atoms with E-state index in [9.17, 15) is 0 Å². The van der Waals surface area contributed by atoms with Gasteiger partial charge in [0, 0.05) is 5.88 Å². The molecule has 0 bridgehead atoms. The number of nitrogens with zero attached hydrogens (tertiary/aromatic N) is 2. The highest BCUT2D eigenvalue weighted by molar-refractivity contribution is 6.99. The van der Waals surface area contributed by atoms with E-state index < -0.39 is 0 Å². The second-order valence-electron chi connectivity index (χ2n) is 3.37. The van der Waals surface area contributed by atoms with Crippen molar-refractivity contribution >= 4 is 23.3 Å². The van der Waals surface area contributed by atoms with Gasteiger partial charge in [-0.1, -0.05) is 13.8 Å². The van der Waals surface area contributed by atoms with Crippen LogP contribution in [0, 0.1) is 5.41 Å².